The van der Waals surface area contributed by atoms with Crippen LogP contribution in [0.4, 0.5) is 4.79 Å². The molecule has 2 N–H and O–H groups in total. The highest BCUT2D eigenvalue weighted by molar-refractivity contribution is 7.91. The molecule has 0 atom stereocenters. The van der Waals surface area contributed by atoms with Crippen LogP contribution in [0.2, 0.25) is 0 Å². The monoisotopic (exact) mass is 327 g/mol. The summed E-state index contributed by atoms with van der Waals surface area (Å²) in [6.07, 6.45) is 2.57. The molecule has 1 aromatic rings. The van der Waals surface area contributed by atoms with Gasteiger partial charge >= 0.3 is 6.03 Å². The van der Waals surface area contributed by atoms with Gasteiger partial charge in [0.2, 0.25) is 0 Å². The third-order valence-electron chi connectivity index (χ3n) is 3.77. The van der Waals surface area contributed by atoms with E-state index in [4.69, 9.17) is 0 Å². The lowest BCUT2D eigenvalue weighted by Gasteiger charge is -2.23. The molecule has 0 aromatic carbocycles. The van der Waals surface area contributed by atoms with Crippen molar-refractivity contribution >= 4 is 15.9 Å². The molecule has 0 unspecified atom stereocenters. The van der Waals surface area contributed by atoms with Crippen molar-refractivity contribution in [2.45, 2.75) is 38.9 Å². The molecule has 1 aromatic heterocycles. The Balaban J connectivity index is 1.85. The molecule has 0 saturated carbocycles. The average Bonchev–Trinajstić information content (AvgIpc) is 2.48. The van der Waals surface area contributed by atoms with Crippen LogP contribution in [0.25, 0.3) is 0 Å². The lowest BCUT2D eigenvalue weighted by atomic mass is 10.2. The fourth-order valence-electron chi connectivity index (χ4n) is 2.42. The van der Waals surface area contributed by atoms with Gasteiger partial charge in [0.1, 0.15) is 9.84 Å². The van der Waals surface area contributed by atoms with Crippen molar-refractivity contribution in [2.24, 2.45) is 0 Å². The van der Waals surface area contributed by atoms with Gasteiger partial charge in [0.25, 0.3) is 5.56 Å². The van der Waals surface area contributed by atoms with E-state index in [2.05, 4.69) is 10.6 Å². The normalized spacial score (nSPS) is 17.9. The van der Waals surface area contributed by atoms with Crippen molar-refractivity contribution in [3.63, 3.8) is 0 Å². The molecule has 22 heavy (non-hydrogen) atoms. The fourth-order valence-corrected chi connectivity index (χ4v) is 3.91. The highest BCUT2D eigenvalue weighted by Crippen LogP contribution is 2.11. The first kappa shape index (κ1) is 16.5. The number of carbonyl (C=O) groups is 1. The zero-order valence-electron chi connectivity index (χ0n) is 12.5. The lowest BCUT2D eigenvalue weighted by molar-refractivity contribution is 0.235. The van der Waals surface area contributed by atoms with Gasteiger partial charge in [-0.1, -0.05) is 6.07 Å². The van der Waals surface area contributed by atoms with E-state index >= 15 is 0 Å². The maximum atomic E-state index is 12.0. The molecular weight excluding hydrogens is 306 g/mol. The minimum atomic E-state index is -2.94. The van der Waals surface area contributed by atoms with Crippen LogP contribution in [0, 0.1) is 0 Å². The highest BCUT2D eigenvalue weighted by atomic mass is 32.2. The number of hydrogen-bond acceptors (Lipinski definition) is 4. The van der Waals surface area contributed by atoms with Gasteiger partial charge in [-0.2, -0.15) is 0 Å². The van der Waals surface area contributed by atoms with E-state index in [1.165, 1.54) is 0 Å². The zero-order valence-corrected chi connectivity index (χ0v) is 13.4. The van der Waals surface area contributed by atoms with Crippen LogP contribution in [0.15, 0.2) is 23.1 Å². The average molecular weight is 327 g/mol. The lowest BCUT2D eigenvalue weighted by Crippen LogP contribution is -2.45. The molecule has 122 valence electrons. The number of amides is 2. The zero-order chi connectivity index (χ0) is 16.2. The Morgan fingerprint density at radius 2 is 2.05 bits per heavy atom. The van der Waals surface area contributed by atoms with Gasteiger partial charge < -0.3 is 15.2 Å². The Kier molecular flexibility index (Phi) is 5.23. The largest absolute Gasteiger partial charge is 0.335 e. The van der Waals surface area contributed by atoms with Crippen LogP contribution in [0.3, 0.4) is 0 Å². The summed E-state index contributed by atoms with van der Waals surface area (Å²) in [6.45, 7) is 2.61. The van der Waals surface area contributed by atoms with E-state index in [0.717, 1.165) is 0 Å². The predicted molar refractivity (Wildman–Crippen MR) is 83.4 cm³/mol. The molecule has 7 nitrogen and oxygen atoms in total. The van der Waals surface area contributed by atoms with E-state index in [0.29, 0.717) is 24.9 Å². The summed E-state index contributed by atoms with van der Waals surface area (Å²) in [7, 11) is -2.94. The molecule has 1 aliphatic heterocycles. The molecule has 0 aliphatic carbocycles. The Bertz CT molecular complexity index is 682. The Morgan fingerprint density at radius 3 is 2.68 bits per heavy atom. The quantitative estimate of drug-likeness (QED) is 0.828. The maximum absolute atomic E-state index is 12.0. The van der Waals surface area contributed by atoms with E-state index in [1.54, 1.807) is 22.9 Å². The highest BCUT2D eigenvalue weighted by Gasteiger charge is 2.24. The maximum Gasteiger partial charge on any atom is 0.315 e. The number of sulfone groups is 1. The van der Waals surface area contributed by atoms with E-state index in [-0.39, 0.29) is 35.7 Å². The topological polar surface area (TPSA) is 97.3 Å². The second-order valence-electron chi connectivity index (χ2n) is 5.38. The summed E-state index contributed by atoms with van der Waals surface area (Å²) in [5.74, 6) is 0.218. The molecule has 1 aliphatic rings. The van der Waals surface area contributed by atoms with E-state index in [9.17, 15) is 18.0 Å². The van der Waals surface area contributed by atoms with Gasteiger partial charge in [0.05, 0.1) is 11.5 Å². The second-order valence-corrected chi connectivity index (χ2v) is 7.68. The number of nitrogens with zero attached hydrogens (tertiary/aromatic N) is 1. The van der Waals surface area contributed by atoms with Crippen molar-refractivity contribution in [3.8, 4) is 0 Å². The minimum Gasteiger partial charge on any atom is -0.335 e. The summed E-state index contributed by atoms with van der Waals surface area (Å²) in [5, 5.41) is 5.40. The van der Waals surface area contributed by atoms with Crippen molar-refractivity contribution < 1.29 is 13.2 Å². The number of urea groups is 1. The third kappa shape index (κ3) is 4.33. The summed E-state index contributed by atoms with van der Waals surface area (Å²) in [4.78, 5) is 23.8. The number of carbonyl (C=O) groups excluding carboxylic acids is 1. The number of aryl methyl sites for hydroxylation is 1. The fraction of sp³-hybridized carbons (Fsp3) is 0.571. The molecule has 1 fully saturated rings. The van der Waals surface area contributed by atoms with Crippen molar-refractivity contribution in [1.29, 1.82) is 0 Å². The number of hydrogen-bond donors (Lipinski definition) is 2. The van der Waals surface area contributed by atoms with Gasteiger partial charge in [-0.15, -0.1) is 0 Å². The predicted octanol–water partition coefficient (Wildman–Crippen LogP) is 0.245. The van der Waals surface area contributed by atoms with Gasteiger partial charge in [-0.05, 0) is 25.8 Å². The van der Waals surface area contributed by atoms with Crippen LogP contribution in [-0.2, 0) is 22.9 Å². The molecule has 2 rings (SSSR count). The molecule has 0 spiro atoms. The number of aromatic nitrogens is 1. The first-order chi connectivity index (χ1) is 10.4. The van der Waals surface area contributed by atoms with Crippen molar-refractivity contribution in [2.75, 3.05) is 11.5 Å². The molecule has 0 bridgehead atoms. The molecule has 1 saturated heterocycles. The Hall–Kier alpha value is -1.83. The summed E-state index contributed by atoms with van der Waals surface area (Å²) < 4.78 is 24.2. The Labute approximate surface area is 129 Å². The second kappa shape index (κ2) is 6.95. The summed E-state index contributed by atoms with van der Waals surface area (Å²) >= 11 is 0. The molecular formula is C14H21N3O4S. The van der Waals surface area contributed by atoms with E-state index in [1.807, 2.05) is 6.92 Å². The standard InChI is InChI=1S/C14H21N3O4S/c1-2-17-7-3-4-11(13(17)18)10-15-14(19)16-12-5-8-22(20,21)9-6-12/h3-4,7,12H,2,5-6,8-10H2,1H3,(H2,15,16,19). The smallest absolute Gasteiger partial charge is 0.315 e. The molecule has 2 heterocycles. The Morgan fingerprint density at radius 1 is 1.36 bits per heavy atom. The van der Waals surface area contributed by atoms with Crippen LogP contribution in [0.1, 0.15) is 25.3 Å². The van der Waals surface area contributed by atoms with E-state index < -0.39 is 9.84 Å². The number of rotatable bonds is 4. The van der Waals surface area contributed by atoms with Gasteiger partial charge in [-0.25, -0.2) is 13.2 Å². The van der Waals surface area contributed by atoms with Gasteiger partial charge in [0.15, 0.2) is 0 Å². The van der Waals surface area contributed by atoms with Crippen LogP contribution in [-0.4, -0.2) is 36.6 Å². The van der Waals surface area contributed by atoms with Crippen LogP contribution >= 0.6 is 0 Å². The van der Waals surface area contributed by atoms with Crippen LogP contribution < -0.4 is 16.2 Å². The van der Waals surface area contributed by atoms with Gasteiger partial charge in [-0.3, -0.25) is 4.79 Å². The SMILES string of the molecule is CCn1cccc(CNC(=O)NC2CCS(=O)(=O)CC2)c1=O. The van der Waals surface area contributed by atoms with Crippen LogP contribution in [0.5, 0.6) is 0 Å². The minimum absolute atomic E-state index is 0.109. The molecule has 0 radical (unpaired) electrons. The summed E-state index contributed by atoms with van der Waals surface area (Å²) in [5.41, 5.74) is 0.403. The van der Waals surface area contributed by atoms with Crippen molar-refractivity contribution in [3.05, 3.63) is 34.2 Å². The third-order valence-corrected chi connectivity index (χ3v) is 5.48. The summed E-state index contributed by atoms with van der Waals surface area (Å²) in [6, 6.07) is 2.94. The molecule has 2 amide bonds. The first-order valence-corrected chi connectivity index (χ1v) is 9.16. The molecule has 8 heteroatoms. The number of nitrogens with one attached hydrogen (secondary N) is 2. The first-order valence-electron chi connectivity index (χ1n) is 7.34. The van der Waals surface area contributed by atoms with Gasteiger partial charge in [0, 0.05) is 30.9 Å². The number of pyridine rings is 1. The van der Waals surface area contributed by atoms with Crippen molar-refractivity contribution in [1.82, 2.24) is 15.2 Å².